The molecule has 0 aliphatic rings. The maximum Gasteiger partial charge on any atom is 0.138 e. The summed E-state index contributed by atoms with van der Waals surface area (Å²) >= 11 is 0. The van der Waals surface area contributed by atoms with Crippen LogP contribution < -0.4 is 4.74 Å². The van der Waals surface area contributed by atoms with Crippen molar-refractivity contribution < 1.29 is 4.74 Å². The highest BCUT2D eigenvalue weighted by molar-refractivity contribution is 5.15. The van der Waals surface area contributed by atoms with Gasteiger partial charge in [0, 0.05) is 6.20 Å². The van der Waals surface area contributed by atoms with Crippen molar-refractivity contribution in [2.24, 2.45) is 0 Å². The second-order valence-corrected chi connectivity index (χ2v) is 2.07. The maximum absolute atomic E-state index is 5.30. The Morgan fingerprint density at radius 1 is 1.64 bits per heavy atom. The summed E-state index contributed by atoms with van der Waals surface area (Å²) in [5.74, 6) is 0.811. The first kappa shape index (κ1) is 7.79. The number of rotatable bonds is 3. The highest BCUT2D eigenvalue weighted by Gasteiger charge is 1.86. The lowest BCUT2D eigenvalue weighted by Crippen LogP contribution is -1.92. The lowest BCUT2D eigenvalue weighted by Gasteiger charge is -1.99. The molecule has 1 heterocycles. The van der Waals surface area contributed by atoms with Crippen molar-refractivity contribution in [3.63, 3.8) is 0 Å². The Balaban J connectivity index is 2.39. The Bertz CT molecular complexity index is 218. The standard InChI is InChI=1S/C9H11NO/c1-2-3-7-11-9-5-4-6-10-8-9/h2-6,8H,7H2,1H3/b3-2+. The van der Waals surface area contributed by atoms with Crippen LogP contribution in [-0.4, -0.2) is 11.6 Å². The molecular formula is C9H11NO. The minimum atomic E-state index is 0.613. The molecule has 2 heteroatoms. The van der Waals surface area contributed by atoms with Crippen molar-refractivity contribution in [1.29, 1.82) is 0 Å². The van der Waals surface area contributed by atoms with Gasteiger partial charge in [0.05, 0.1) is 6.20 Å². The SMILES string of the molecule is C/C=C/COc1cccnc1. The topological polar surface area (TPSA) is 22.1 Å². The van der Waals surface area contributed by atoms with Crippen LogP contribution in [-0.2, 0) is 0 Å². The zero-order chi connectivity index (χ0) is 7.94. The Morgan fingerprint density at radius 3 is 3.18 bits per heavy atom. The molecular weight excluding hydrogens is 138 g/mol. The van der Waals surface area contributed by atoms with Crippen LogP contribution in [0.4, 0.5) is 0 Å². The van der Waals surface area contributed by atoms with Crippen molar-refractivity contribution >= 4 is 0 Å². The van der Waals surface area contributed by atoms with Gasteiger partial charge in [0.2, 0.25) is 0 Å². The van der Waals surface area contributed by atoms with Crippen LogP contribution in [0.3, 0.4) is 0 Å². The Hall–Kier alpha value is -1.31. The molecule has 0 unspecified atom stereocenters. The van der Waals surface area contributed by atoms with E-state index in [1.54, 1.807) is 12.4 Å². The van der Waals surface area contributed by atoms with Crippen LogP contribution >= 0.6 is 0 Å². The number of allylic oxidation sites excluding steroid dienone is 1. The van der Waals surface area contributed by atoms with Crippen molar-refractivity contribution in [2.75, 3.05) is 6.61 Å². The van der Waals surface area contributed by atoms with E-state index in [0.717, 1.165) is 5.75 Å². The van der Waals surface area contributed by atoms with Crippen LogP contribution in [0.1, 0.15) is 6.92 Å². The van der Waals surface area contributed by atoms with Gasteiger partial charge in [0.15, 0.2) is 0 Å². The molecule has 0 amide bonds. The molecule has 0 atom stereocenters. The average molecular weight is 149 g/mol. The van der Waals surface area contributed by atoms with Crippen LogP contribution in [0.2, 0.25) is 0 Å². The molecule has 0 saturated carbocycles. The summed E-state index contributed by atoms with van der Waals surface area (Å²) in [5, 5.41) is 0. The molecule has 0 N–H and O–H groups in total. The van der Waals surface area contributed by atoms with Gasteiger partial charge in [-0.2, -0.15) is 0 Å². The predicted molar refractivity (Wildman–Crippen MR) is 44.5 cm³/mol. The quantitative estimate of drug-likeness (QED) is 0.613. The summed E-state index contributed by atoms with van der Waals surface area (Å²) in [4.78, 5) is 3.91. The highest BCUT2D eigenvalue weighted by Crippen LogP contribution is 2.05. The first-order chi connectivity index (χ1) is 5.43. The van der Waals surface area contributed by atoms with Gasteiger partial charge in [0.25, 0.3) is 0 Å². The maximum atomic E-state index is 5.30. The lowest BCUT2D eigenvalue weighted by molar-refractivity contribution is 0.361. The van der Waals surface area contributed by atoms with E-state index in [0.29, 0.717) is 6.61 Å². The molecule has 58 valence electrons. The van der Waals surface area contributed by atoms with Crippen molar-refractivity contribution in [2.45, 2.75) is 6.92 Å². The van der Waals surface area contributed by atoms with Gasteiger partial charge in [-0.05, 0) is 19.1 Å². The molecule has 2 nitrogen and oxygen atoms in total. The highest BCUT2D eigenvalue weighted by atomic mass is 16.5. The molecule has 1 rings (SSSR count). The zero-order valence-electron chi connectivity index (χ0n) is 6.53. The van der Waals surface area contributed by atoms with E-state index in [2.05, 4.69) is 4.98 Å². The molecule has 0 aromatic carbocycles. The molecule has 0 bridgehead atoms. The van der Waals surface area contributed by atoms with Crippen molar-refractivity contribution in [3.05, 3.63) is 36.7 Å². The number of pyridine rings is 1. The number of hydrogen-bond acceptors (Lipinski definition) is 2. The number of aromatic nitrogens is 1. The fourth-order valence-corrected chi connectivity index (χ4v) is 0.673. The summed E-state index contributed by atoms with van der Waals surface area (Å²) in [6.45, 7) is 2.58. The summed E-state index contributed by atoms with van der Waals surface area (Å²) < 4.78 is 5.30. The van der Waals surface area contributed by atoms with Crippen LogP contribution in [0, 0.1) is 0 Å². The normalized spacial score (nSPS) is 10.3. The van der Waals surface area contributed by atoms with Gasteiger partial charge in [-0.3, -0.25) is 4.98 Å². The molecule has 0 aliphatic carbocycles. The molecule has 0 radical (unpaired) electrons. The van der Waals surface area contributed by atoms with Crippen molar-refractivity contribution in [1.82, 2.24) is 4.98 Å². The third kappa shape index (κ3) is 2.85. The summed E-state index contributed by atoms with van der Waals surface area (Å²) in [7, 11) is 0. The fraction of sp³-hybridized carbons (Fsp3) is 0.222. The molecule has 11 heavy (non-hydrogen) atoms. The van der Waals surface area contributed by atoms with Gasteiger partial charge in [-0.1, -0.05) is 12.2 Å². The Labute approximate surface area is 66.5 Å². The average Bonchev–Trinajstić information content (AvgIpc) is 2.07. The summed E-state index contributed by atoms with van der Waals surface area (Å²) in [6.07, 6.45) is 7.33. The van der Waals surface area contributed by atoms with Crippen molar-refractivity contribution in [3.8, 4) is 5.75 Å². The fourth-order valence-electron chi connectivity index (χ4n) is 0.673. The van der Waals surface area contributed by atoms with Gasteiger partial charge < -0.3 is 4.74 Å². The lowest BCUT2D eigenvalue weighted by atomic mass is 10.4. The van der Waals surface area contributed by atoms with E-state index in [9.17, 15) is 0 Å². The molecule has 1 aromatic rings. The predicted octanol–water partition coefficient (Wildman–Crippen LogP) is 2.04. The van der Waals surface area contributed by atoms with E-state index in [-0.39, 0.29) is 0 Å². The second-order valence-electron chi connectivity index (χ2n) is 2.07. The summed E-state index contributed by atoms with van der Waals surface area (Å²) in [6, 6.07) is 3.74. The first-order valence-corrected chi connectivity index (χ1v) is 3.57. The van der Waals surface area contributed by atoms with Gasteiger partial charge in [-0.15, -0.1) is 0 Å². The third-order valence-electron chi connectivity index (χ3n) is 1.22. The molecule has 0 spiro atoms. The van der Waals surface area contributed by atoms with Crippen LogP contribution in [0.15, 0.2) is 36.7 Å². The van der Waals surface area contributed by atoms with Gasteiger partial charge in [0.1, 0.15) is 12.4 Å². The monoisotopic (exact) mass is 149 g/mol. The largest absolute Gasteiger partial charge is 0.488 e. The molecule has 1 aromatic heterocycles. The van der Waals surface area contributed by atoms with Gasteiger partial charge in [-0.25, -0.2) is 0 Å². The third-order valence-corrected chi connectivity index (χ3v) is 1.22. The minimum Gasteiger partial charge on any atom is -0.488 e. The van der Waals surface area contributed by atoms with E-state index >= 15 is 0 Å². The summed E-state index contributed by atoms with van der Waals surface area (Å²) in [5.41, 5.74) is 0. The van der Waals surface area contributed by atoms with E-state index < -0.39 is 0 Å². The molecule has 0 fully saturated rings. The minimum absolute atomic E-state index is 0.613. The first-order valence-electron chi connectivity index (χ1n) is 3.57. The molecule has 0 aliphatic heterocycles. The van der Waals surface area contributed by atoms with Crippen LogP contribution in [0.25, 0.3) is 0 Å². The van der Waals surface area contributed by atoms with E-state index in [1.165, 1.54) is 0 Å². The molecule has 0 saturated heterocycles. The second kappa shape index (κ2) is 4.50. The van der Waals surface area contributed by atoms with Crippen LogP contribution in [0.5, 0.6) is 5.75 Å². The smallest absolute Gasteiger partial charge is 0.138 e. The number of hydrogen-bond donors (Lipinski definition) is 0. The number of ether oxygens (including phenoxy) is 1. The Morgan fingerprint density at radius 2 is 2.55 bits per heavy atom. The van der Waals surface area contributed by atoms with E-state index in [4.69, 9.17) is 4.74 Å². The Kier molecular flexibility index (Phi) is 3.19. The zero-order valence-corrected chi connectivity index (χ0v) is 6.53. The van der Waals surface area contributed by atoms with Gasteiger partial charge >= 0.3 is 0 Å². The van der Waals surface area contributed by atoms with E-state index in [1.807, 2.05) is 31.2 Å². The number of nitrogens with zero attached hydrogens (tertiary/aromatic N) is 1.